The van der Waals surface area contributed by atoms with Gasteiger partial charge in [-0.15, -0.1) is 24.0 Å². The number of thiophene rings is 1. The normalized spacial score (nSPS) is 10.5. The molecule has 0 aliphatic heterocycles. The zero-order valence-corrected chi connectivity index (χ0v) is 8.36. The molecule has 0 saturated carbocycles. The number of nitrogen functional groups attached to an aromatic ring is 1. The SMILES string of the molecule is Nc1cccc2c(S)c(C=O)sc12. The van der Waals surface area contributed by atoms with Gasteiger partial charge in [0.05, 0.1) is 9.58 Å². The van der Waals surface area contributed by atoms with Crippen molar-refractivity contribution < 1.29 is 4.79 Å². The molecule has 2 rings (SSSR count). The molecule has 0 amide bonds. The summed E-state index contributed by atoms with van der Waals surface area (Å²) in [6.07, 6.45) is 0.812. The predicted octanol–water partition coefficient (Wildman–Crippen LogP) is 2.58. The Kier molecular flexibility index (Phi) is 2.01. The molecule has 0 radical (unpaired) electrons. The third-order valence-corrected chi connectivity index (χ3v) is 3.67. The lowest BCUT2D eigenvalue weighted by molar-refractivity contribution is 0.112. The van der Waals surface area contributed by atoms with Crippen molar-refractivity contribution in [3.8, 4) is 0 Å². The lowest BCUT2D eigenvalue weighted by Crippen LogP contribution is -1.82. The Bertz CT molecular complexity index is 476. The van der Waals surface area contributed by atoms with Gasteiger partial charge in [-0.3, -0.25) is 4.79 Å². The molecule has 2 nitrogen and oxygen atoms in total. The van der Waals surface area contributed by atoms with Gasteiger partial charge in [-0.05, 0) is 6.07 Å². The summed E-state index contributed by atoms with van der Waals surface area (Å²) in [4.78, 5) is 12.0. The number of anilines is 1. The Morgan fingerprint density at radius 1 is 1.46 bits per heavy atom. The van der Waals surface area contributed by atoms with Crippen molar-refractivity contribution in [3.63, 3.8) is 0 Å². The van der Waals surface area contributed by atoms with E-state index in [0.717, 1.165) is 21.3 Å². The first-order valence-electron chi connectivity index (χ1n) is 3.69. The monoisotopic (exact) mass is 209 g/mol. The Hall–Kier alpha value is -1.00. The van der Waals surface area contributed by atoms with Crippen LogP contribution in [0.15, 0.2) is 23.1 Å². The van der Waals surface area contributed by atoms with Crippen molar-refractivity contribution in [3.05, 3.63) is 23.1 Å². The number of carbonyl (C=O) groups is 1. The van der Waals surface area contributed by atoms with Gasteiger partial charge in [0.2, 0.25) is 0 Å². The van der Waals surface area contributed by atoms with Crippen LogP contribution in [0.5, 0.6) is 0 Å². The molecule has 2 N–H and O–H groups in total. The van der Waals surface area contributed by atoms with Gasteiger partial charge in [-0.1, -0.05) is 12.1 Å². The molecule has 66 valence electrons. The summed E-state index contributed by atoms with van der Waals surface area (Å²) < 4.78 is 0.939. The van der Waals surface area contributed by atoms with Crippen LogP contribution in [-0.4, -0.2) is 6.29 Å². The average molecular weight is 209 g/mol. The van der Waals surface area contributed by atoms with E-state index in [2.05, 4.69) is 12.6 Å². The van der Waals surface area contributed by atoms with Crippen LogP contribution < -0.4 is 5.73 Å². The lowest BCUT2D eigenvalue weighted by atomic mass is 10.2. The maximum Gasteiger partial charge on any atom is 0.161 e. The van der Waals surface area contributed by atoms with Crippen LogP contribution in [0.3, 0.4) is 0 Å². The first-order valence-corrected chi connectivity index (χ1v) is 4.95. The fraction of sp³-hybridized carbons (Fsp3) is 0. The van der Waals surface area contributed by atoms with Crippen LogP contribution in [0, 0.1) is 0 Å². The number of hydrogen-bond acceptors (Lipinski definition) is 4. The molecule has 2 aromatic rings. The van der Waals surface area contributed by atoms with E-state index in [1.807, 2.05) is 18.2 Å². The maximum atomic E-state index is 10.6. The van der Waals surface area contributed by atoms with Gasteiger partial charge in [0.15, 0.2) is 6.29 Å². The topological polar surface area (TPSA) is 43.1 Å². The van der Waals surface area contributed by atoms with Crippen molar-refractivity contribution in [2.45, 2.75) is 4.90 Å². The Balaban J connectivity index is 2.91. The van der Waals surface area contributed by atoms with Gasteiger partial charge in [0, 0.05) is 16.0 Å². The molecule has 1 aromatic carbocycles. The molecule has 13 heavy (non-hydrogen) atoms. The minimum atomic E-state index is 0.635. The van der Waals surface area contributed by atoms with Gasteiger partial charge in [-0.2, -0.15) is 0 Å². The molecule has 1 aromatic heterocycles. The molecule has 0 saturated heterocycles. The van der Waals surface area contributed by atoms with E-state index in [4.69, 9.17) is 5.73 Å². The average Bonchev–Trinajstić information content (AvgIpc) is 2.45. The molecule has 0 atom stereocenters. The zero-order chi connectivity index (χ0) is 9.42. The van der Waals surface area contributed by atoms with Crippen molar-refractivity contribution in [1.82, 2.24) is 0 Å². The molecule has 0 spiro atoms. The third kappa shape index (κ3) is 1.22. The van der Waals surface area contributed by atoms with Crippen LogP contribution in [0.1, 0.15) is 9.67 Å². The van der Waals surface area contributed by atoms with E-state index >= 15 is 0 Å². The maximum absolute atomic E-state index is 10.6. The quantitative estimate of drug-likeness (QED) is 0.430. The van der Waals surface area contributed by atoms with Gasteiger partial charge in [-0.25, -0.2) is 0 Å². The first kappa shape index (κ1) is 8.59. The number of carbonyl (C=O) groups excluding carboxylic acids is 1. The fourth-order valence-electron chi connectivity index (χ4n) is 1.23. The van der Waals surface area contributed by atoms with Crippen molar-refractivity contribution in [1.29, 1.82) is 0 Å². The standard InChI is InChI=1S/C9H7NOS2/c10-6-3-1-2-5-8(12)7(4-11)13-9(5)6/h1-4,12H,10H2. The number of rotatable bonds is 1. The molecule has 0 aliphatic carbocycles. The Labute approximate surface area is 84.8 Å². The third-order valence-electron chi connectivity index (χ3n) is 1.85. The van der Waals surface area contributed by atoms with E-state index in [-0.39, 0.29) is 0 Å². The van der Waals surface area contributed by atoms with Gasteiger partial charge in [0.1, 0.15) is 0 Å². The van der Waals surface area contributed by atoms with E-state index in [0.29, 0.717) is 10.6 Å². The van der Waals surface area contributed by atoms with E-state index in [1.165, 1.54) is 11.3 Å². The highest BCUT2D eigenvalue weighted by molar-refractivity contribution is 7.81. The number of hydrogen-bond donors (Lipinski definition) is 2. The summed E-state index contributed by atoms with van der Waals surface area (Å²) in [7, 11) is 0. The smallest absolute Gasteiger partial charge is 0.161 e. The van der Waals surface area contributed by atoms with Crippen LogP contribution in [0.25, 0.3) is 10.1 Å². The van der Waals surface area contributed by atoms with E-state index < -0.39 is 0 Å². The van der Waals surface area contributed by atoms with Crippen molar-refractivity contribution in [2.75, 3.05) is 5.73 Å². The highest BCUT2D eigenvalue weighted by Crippen LogP contribution is 2.35. The summed E-state index contributed by atoms with van der Waals surface area (Å²) in [5.41, 5.74) is 6.45. The largest absolute Gasteiger partial charge is 0.398 e. The van der Waals surface area contributed by atoms with Crippen molar-refractivity contribution in [2.24, 2.45) is 0 Å². The first-order chi connectivity index (χ1) is 6.24. The minimum absolute atomic E-state index is 0.635. The van der Waals surface area contributed by atoms with Crippen LogP contribution in [0.2, 0.25) is 0 Å². The highest BCUT2D eigenvalue weighted by atomic mass is 32.1. The predicted molar refractivity (Wildman–Crippen MR) is 58.9 cm³/mol. The molecular weight excluding hydrogens is 202 g/mol. The van der Waals surface area contributed by atoms with Crippen molar-refractivity contribution >= 4 is 46.0 Å². The minimum Gasteiger partial charge on any atom is -0.398 e. The number of nitrogens with two attached hydrogens (primary N) is 1. The molecule has 0 fully saturated rings. The van der Waals surface area contributed by atoms with E-state index in [9.17, 15) is 4.79 Å². The van der Waals surface area contributed by atoms with Crippen LogP contribution in [-0.2, 0) is 0 Å². The number of aldehydes is 1. The van der Waals surface area contributed by atoms with Gasteiger partial charge < -0.3 is 5.73 Å². The molecule has 0 bridgehead atoms. The molecule has 1 heterocycles. The van der Waals surface area contributed by atoms with Gasteiger partial charge >= 0.3 is 0 Å². The fourth-order valence-corrected chi connectivity index (χ4v) is 2.62. The summed E-state index contributed by atoms with van der Waals surface area (Å²) in [5.74, 6) is 0. The van der Waals surface area contributed by atoms with E-state index in [1.54, 1.807) is 0 Å². The lowest BCUT2D eigenvalue weighted by Gasteiger charge is -1.93. The number of fused-ring (bicyclic) bond motifs is 1. The summed E-state index contributed by atoms with van der Waals surface area (Å²) in [5, 5.41) is 0.954. The second-order valence-electron chi connectivity index (χ2n) is 2.66. The number of thiol groups is 1. The second kappa shape index (κ2) is 3.05. The van der Waals surface area contributed by atoms with Gasteiger partial charge in [0.25, 0.3) is 0 Å². The Morgan fingerprint density at radius 3 is 2.85 bits per heavy atom. The zero-order valence-electron chi connectivity index (χ0n) is 6.65. The van der Waals surface area contributed by atoms with Crippen LogP contribution >= 0.6 is 24.0 Å². The Morgan fingerprint density at radius 2 is 2.23 bits per heavy atom. The highest BCUT2D eigenvalue weighted by Gasteiger charge is 2.09. The molecule has 0 unspecified atom stereocenters. The molecular formula is C9H7NOS2. The number of benzene rings is 1. The second-order valence-corrected chi connectivity index (χ2v) is 4.16. The summed E-state index contributed by atoms with van der Waals surface area (Å²) in [6, 6.07) is 5.59. The molecule has 0 aliphatic rings. The summed E-state index contributed by atoms with van der Waals surface area (Å²) >= 11 is 5.65. The van der Waals surface area contributed by atoms with Crippen LogP contribution in [0.4, 0.5) is 5.69 Å². The molecule has 4 heteroatoms. The summed E-state index contributed by atoms with van der Waals surface area (Å²) in [6.45, 7) is 0.